The zero-order chi connectivity index (χ0) is 12.2. The maximum atomic E-state index is 11.6. The quantitative estimate of drug-likeness (QED) is 0.759. The van der Waals surface area contributed by atoms with Crippen LogP contribution in [0.2, 0.25) is 0 Å². The predicted octanol–water partition coefficient (Wildman–Crippen LogP) is 1.93. The molecule has 0 aliphatic heterocycles. The van der Waals surface area contributed by atoms with Crippen LogP contribution in [-0.2, 0) is 9.59 Å². The van der Waals surface area contributed by atoms with Crippen molar-refractivity contribution in [2.75, 3.05) is 0 Å². The summed E-state index contributed by atoms with van der Waals surface area (Å²) in [7, 11) is 0. The molecule has 0 aromatic carbocycles. The van der Waals surface area contributed by atoms with Crippen LogP contribution in [0.3, 0.4) is 0 Å². The van der Waals surface area contributed by atoms with Crippen molar-refractivity contribution >= 4 is 11.6 Å². The minimum Gasteiger partial charge on any atom is -0.321 e. The van der Waals surface area contributed by atoms with E-state index in [-0.39, 0.29) is 22.9 Å². The first kappa shape index (κ1) is 14.3. The molecule has 0 rings (SSSR count). The van der Waals surface area contributed by atoms with Crippen LogP contribution in [-0.4, -0.2) is 17.6 Å². The van der Waals surface area contributed by atoms with Gasteiger partial charge in [-0.25, -0.2) is 0 Å². The van der Waals surface area contributed by atoms with E-state index in [0.29, 0.717) is 12.8 Å². The van der Waals surface area contributed by atoms with Crippen molar-refractivity contribution in [3.8, 4) is 0 Å². The van der Waals surface area contributed by atoms with Crippen molar-refractivity contribution in [3.05, 3.63) is 0 Å². The smallest absolute Gasteiger partial charge is 0.152 e. The molecular weight excluding hydrogens is 190 g/mol. The Morgan fingerprint density at radius 2 is 1.67 bits per heavy atom. The van der Waals surface area contributed by atoms with Gasteiger partial charge in [0.15, 0.2) is 5.78 Å². The van der Waals surface area contributed by atoms with E-state index in [4.69, 9.17) is 5.73 Å². The van der Waals surface area contributed by atoms with Crippen LogP contribution in [0.15, 0.2) is 0 Å². The number of rotatable bonds is 5. The molecule has 0 aliphatic rings. The number of nitrogens with two attached hydrogens (primary N) is 1. The third-order valence-electron chi connectivity index (χ3n) is 2.45. The molecule has 88 valence electrons. The highest BCUT2D eigenvalue weighted by Crippen LogP contribution is 2.18. The highest BCUT2D eigenvalue weighted by atomic mass is 16.1. The fourth-order valence-corrected chi connectivity index (χ4v) is 1.23. The molecule has 0 bridgehead atoms. The minimum atomic E-state index is -0.490. The van der Waals surface area contributed by atoms with Crippen LogP contribution in [0.1, 0.15) is 47.5 Å². The van der Waals surface area contributed by atoms with Gasteiger partial charge in [0.25, 0.3) is 0 Å². The Bertz CT molecular complexity index is 238. The van der Waals surface area contributed by atoms with Gasteiger partial charge >= 0.3 is 0 Å². The van der Waals surface area contributed by atoms with Gasteiger partial charge in [0.1, 0.15) is 5.78 Å². The van der Waals surface area contributed by atoms with Gasteiger partial charge in [0.2, 0.25) is 0 Å². The lowest BCUT2D eigenvalue weighted by Crippen LogP contribution is -2.35. The molecule has 0 heterocycles. The van der Waals surface area contributed by atoms with E-state index in [9.17, 15) is 9.59 Å². The summed E-state index contributed by atoms with van der Waals surface area (Å²) in [6.45, 7) is 9.29. The zero-order valence-electron chi connectivity index (χ0n) is 10.5. The van der Waals surface area contributed by atoms with E-state index in [2.05, 4.69) is 0 Å². The summed E-state index contributed by atoms with van der Waals surface area (Å²) in [6.07, 6.45) is 0.857. The lowest BCUT2D eigenvalue weighted by molar-refractivity contribution is -0.127. The number of hydrogen-bond donors (Lipinski definition) is 1. The second-order valence-corrected chi connectivity index (χ2v) is 5.38. The fourth-order valence-electron chi connectivity index (χ4n) is 1.23. The number of hydrogen-bond acceptors (Lipinski definition) is 3. The molecular formula is C12H23NO2. The normalized spacial score (nSPS) is 14.1. The largest absolute Gasteiger partial charge is 0.321 e. The lowest BCUT2D eigenvalue weighted by atomic mass is 9.86. The maximum Gasteiger partial charge on any atom is 0.152 e. The first-order valence-electron chi connectivity index (χ1n) is 5.49. The number of carbonyl (C=O) groups is 2. The van der Waals surface area contributed by atoms with E-state index in [0.717, 1.165) is 0 Å². The molecule has 0 amide bonds. The van der Waals surface area contributed by atoms with E-state index in [1.54, 1.807) is 0 Å². The van der Waals surface area contributed by atoms with Gasteiger partial charge in [-0.2, -0.15) is 0 Å². The van der Waals surface area contributed by atoms with E-state index >= 15 is 0 Å². The number of ketones is 2. The standard InChI is InChI=1S/C12H23NO2/c1-8(2)11(15)9(13)6-7-10(14)12(3,4)5/h8-9H,6-7,13H2,1-5H3. The van der Waals surface area contributed by atoms with Crippen LogP contribution < -0.4 is 5.73 Å². The first-order chi connectivity index (χ1) is 6.66. The molecule has 0 fully saturated rings. The molecule has 0 saturated heterocycles. The Balaban J connectivity index is 4.07. The highest BCUT2D eigenvalue weighted by Gasteiger charge is 2.23. The Kier molecular flexibility index (Phi) is 5.15. The van der Waals surface area contributed by atoms with Crippen molar-refractivity contribution in [3.63, 3.8) is 0 Å². The van der Waals surface area contributed by atoms with E-state index in [1.165, 1.54) is 0 Å². The van der Waals surface area contributed by atoms with Crippen LogP contribution in [0.4, 0.5) is 0 Å². The molecule has 0 aliphatic carbocycles. The molecule has 1 atom stereocenters. The van der Waals surface area contributed by atoms with Gasteiger partial charge in [-0.1, -0.05) is 34.6 Å². The van der Waals surface area contributed by atoms with E-state index < -0.39 is 6.04 Å². The average molecular weight is 213 g/mol. The number of carbonyl (C=O) groups excluding carboxylic acids is 2. The monoisotopic (exact) mass is 213 g/mol. The summed E-state index contributed by atoms with van der Waals surface area (Å²) in [5.41, 5.74) is 5.38. The molecule has 0 aromatic heterocycles. The fraction of sp³-hybridized carbons (Fsp3) is 0.833. The van der Waals surface area contributed by atoms with Gasteiger partial charge in [0.05, 0.1) is 6.04 Å². The van der Waals surface area contributed by atoms with Crippen molar-refractivity contribution in [2.45, 2.75) is 53.5 Å². The van der Waals surface area contributed by atoms with Gasteiger partial charge in [0, 0.05) is 17.8 Å². The topological polar surface area (TPSA) is 60.2 Å². The highest BCUT2D eigenvalue weighted by molar-refractivity contribution is 5.87. The van der Waals surface area contributed by atoms with Crippen LogP contribution >= 0.6 is 0 Å². The Labute approximate surface area is 92.4 Å². The molecule has 0 radical (unpaired) electrons. The predicted molar refractivity (Wildman–Crippen MR) is 61.5 cm³/mol. The molecule has 0 spiro atoms. The summed E-state index contributed by atoms with van der Waals surface area (Å²) in [5.74, 6) is 0.149. The molecule has 0 aromatic rings. The van der Waals surface area contributed by atoms with Gasteiger partial charge < -0.3 is 5.73 Å². The summed E-state index contributed by atoms with van der Waals surface area (Å²) in [4.78, 5) is 23.1. The zero-order valence-corrected chi connectivity index (χ0v) is 10.5. The molecule has 3 nitrogen and oxygen atoms in total. The molecule has 0 saturated carbocycles. The first-order valence-corrected chi connectivity index (χ1v) is 5.49. The van der Waals surface area contributed by atoms with Crippen molar-refractivity contribution < 1.29 is 9.59 Å². The average Bonchev–Trinajstić information content (AvgIpc) is 2.10. The van der Waals surface area contributed by atoms with Gasteiger partial charge in [-0.3, -0.25) is 9.59 Å². The van der Waals surface area contributed by atoms with Crippen LogP contribution in [0.25, 0.3) is 0 Å². The Morgan fingerprint density at radius 3 is 2.00 bits per heavy atom. The molecule has 15 heavy (non-hydrogen) atoms. The third-order valence-corrected chi connectivity index (χ3v) is 2.45. The SMILES string of the molecule is CC(C)C(=O)C(N)CCC(=O)C(C)(C)C. The third kappa shape index (κ3) is 5.07. The molecule has 1 unspecified atom stereocenters. The molecule has 2 N–H and O–H groups in total. The second kappa shape index (κ2) is 5.40. The maximum absolute atomic E-state index is 11.6. The second-order valence-electron chi connectivity index (χ2n) is 5.38. The van der Waals surface area contributed by atoms with Crippen molar-refractivity contribution in [2.24, 2.45) is 17.1 Å². The van der Waals surface area contributed by atoms with Crippen molar-refractivity contribution in [1.29, 1.82) is 0 Å². The van der Waals surface area contributed by atoms with Crippen molar-refractivity contribution in [1.82, 2.24) is 0 Å². The van der Waals surface area contributed by atoms with Gasteiger partial charge in [-0.05, 0) is 6.42 Å². The van der Waals surface area contributed by atoms with Gasteiger partial charge in [-0.15, -0.1) is 0 Å². The lowest BCUT2D eigenvalue weighted by Gasteiger charge is -2.18. The summed E-state index contributed by atoms with van der Waals surface area (Å²) in [6, 6.07) is -0.490. The van der Waals surface area contributed by atoms with E-state index in [1.807, 2.05) is 34.6 Å². The number of Topliss-reactive ketones (excluding diaryl/α,β-unsaturated/α-hetero) is 2. The Morgan fingerprint density at radius 1 is 1.20 bits per heavy atom. The summed E-state index contributed by atoms with van der Waals surface area (Å²) in [5, 5.41) is 0. The van der Waals surface area contributed by atoms with Crippen LogP contribution in [0.5, 0.6) is 0 Å². The van der Waals surface area contributed by atoms with Crippen LogP contribution in [0, 0.1) is 11.3 Å². The molecule has 3 heteroatoms. The Hall–Kier alpha value is -0.700. The minimum absolute atomic E-state index is 0.0386. The summed E-state index contributed by atoms with van der Waals surface area (Å²) >= 11 is 0. The summed E-state index contributed by atoms with van der Waals surface area (Å²) < 4.78 is 0.